The van der Waals surface area contributed by atoms with Crippen LogP contribution in [0.5, 0.6) is 0 Å². The molecular formula is C46H62N6O8. The van der Waals surface area contributed by atoms with E-state index in [2.05, 4.69) is 21.3 Å². The number of carbonyl (C=O) groups excluding carboxylic acids is 6. The number of nitrogens with one attached hydrogen (secondary N) is 4. The summed E-state index contributed by atoms with van der Waals surface area (Å²) in [6.45, 7) is 0. The number of carbonyl (C=O) groups is 7. The average Bonchev–Trinajstić information content (AvgIpc) is 3.22. The SMILES string of the molecule is NC(=O)C[C@H](NC(=O)CCCCCCCCCCCCCCC(=O)N[C@H](C(=O)N[C@@H](Cc1ccccc1)C(N)=O)c1ccccc1)C(=O)N[C@@H](Cc1ccccc1)C(=O)O. The molecule has 0 aliphatic heterocycles. The molecule has 0 heterocycles. The van der Waals surface area contributed by atoms with Crippen LogP contribution < -0.4 is 32.7 Å². The number of carboxylic acids is 1. The highest BCUT2D eigenvalue weighted by atomic mass is 16.4. The van der Waals surface area contributed by atoms with Crippen LogP contribution in [0.15, 0.2) is 91.0 Å². The van der Waals surface area contributed by atoms with Crippen LogP contribution >= 0.6 is 0 Å². The summed E-state index contributed by atoms with van der Waals surface area (Å²) >= 11 is 0. The summed E-state index contributed by atoms with van der Waals surface area (Å²) in [6, 6.07) is 22.6. The molecule has 0 unspecified atom stereocenters. The van der Waals surface area contributed by atoms with Crippen molar-refractivity contribution >= 4 is 41.4 Å². The smallest absolute Gasteiger partial charge is 0.326 e. The van der Waals surface area contributed by atoms with Crippen LogP contribution in [0.2, 0.25) is 0 Å². The summed E-state index contributed by atoms with van der Waals surface area (Å²) in [5, 5.41) is 20.2. The number of carboxylic acid groups (broad SMARTS) is 1. The number of benzene rings is 3. The van der Waals surface area contributed by atoms with Crippen molar-refractivity contribution in [3.05, 3.63) is 108 Å². The van der Waals surface area contributed by atoms with Crippen molar-refractivity contribution in [2.24, 2.45) is 11.5 Å². The minimum absolute atomic E-state index is 0.0442. The maximum atomic E-state index is 13.4. The van der Waals surface area contributed by atoms with Gasteiger partial charge in [0.2, 0.25) is 35.4 Å². The summed E-state index contributed by atoms with van der Waals surface area (Å²) in [5.41, 5.74) is 13.1. The van der Waals surface area contributed by atoms with Crippen molar-refractivity contribution in [3.8, 4) is 0 Å². The fraction of sp³-hybridized carbons (Fsp3) is 0.457. The van der Waals surface area contributed by atoms with Gasteiger partial charge in [-0.2, -0.15) is 0 Å². The zero-order valence-electron chi connectivity index (χ0n) is 34.5. The molecule has 9 N–H and O–H groups in total. The predicted octanol–water partition coefficient (Wildman–Crippen LogP) is 4.69. The Kier molecular flexibility index (Phi) is 22.2. The van der Waals surface area contributed by atoms with Crippen molar-refractivity contribution in [2.45, 2.75) is 133 Å². The number of rotatable bonds is 30. The number of nitrogens with two attached hydrogens (primary N) is 2. The van der Waals surface area contributed by atoms with Crippen LogP contribution in [0.4, 0.5) is 0 Å². The molecule has 3 rings (SSSR count). The van der Waals surface area contributed by atoms with Gasteiger partial charge in [-0.1, -0.05) is 155 Å². The second-order valence-electron chi connectivity index (χ2n) is 15.2. The van der Waals surface area contributed by atoms with Crippen molar-refractivity contribution < 1.29 is 38.7 Å². The summed E-state index contributed by atoms with van der Waals surface area (Å²) < 4.78 is 0. The summed E-state index contributed by atoms with van der Waals surface area (Å²) in [4.78, 5) is 87.4. The fourth-order valence-electron chi connectivity index (χ4n) is 6.84. The Labute approximate surface area is 353 Å². The molecule has 0 aliphatic carbocycles. The summed E-state index contributed by atoms with van der Waals surface area (Å²) in [7, 11) is 0. The molecule has 0 aromatic heterocycles. The Morgan fingerprint density at radius 2 is 0.867 bits per heavy atom. The van der Waals surface area contributed by atoms with Gasteiger partial charge in [-0.3, -0.25) is 28.8 Å². The van der Waals surface area contributed by atoms with Gasteiger partial charge >= 0.3 is 5.97 Å². The molecule has 3 aromatic carbocycles. The first-order valence-corrected chi connectivity index (χ1v) is 21.1. The van der Waals surface area contributed by atoms with E-state index in [0.717, 1.165) is 69.8 Å². The quantitative estimate of drug-likeness (QED) is 0.0464. The lowest BCUT2D eigenvalue weighted by Gasteiger charge is -2.22. The Morgan fingerprint density at radius 3 is 1.30 bits per heavy atom. The molecule has 60 heavy (non-hydrogen) atoms. The monoisotopic (exact) mass is 826 g/mol. The minimum Gasteiger partial charge on any atom is -0.480 e. The Morgan fingerprint density at radius 1 is 0.467 bits per heavy atom. The van der Waals surface area contributed by atoms with E-state index in [1.54, 1.807) is 54.6 Å². The largest absolute Gasteiger partial charge is 0.480 e. The van der Waals surface area contributed by atoms with Crippen molar-refractivity contribution in [1.29, 1.82) is 0 Å². The molecule has 324 valence electrons. The van der Waals surface area contributed by atoms with Gasteiger partial charge in [-0.05, 0) is 29.5 Å². The summed E-state index contributed by atoms with van der Waals surface area (Å²) in [6.07, 6.45) is 11.9. The highest BCUT2D eigenvalue weighted by Gasteiger charge is 2.29. The average molecular weight is 827 g/mol. The van der Waals surface area contributed by atoms with Gasteiger partial charge in [0.15, 0.2) is 0 Å². The summed E-state index contributed by atoms with van der Waals surface area (Å²) in [5.74, 6) is -4.59. The molecule has 14 heteroatoms. The van der Waals surface area contributed by atoms with E-state index in [9.17, 15) is 38.7 Å². The molecular weight excluding hydrogens is 765 g/mol. The molecule has 14 nitrogen and oxygen atoms in total. The number of aliphatic carboxylic acids is 1. The van der Waals surface area contributed by atoms with Gasteiger partial charge in [0, 0.05) is 25.7 Å². The van der Waals surface area contributed by atoms with Gasteiger partial charge in [-0.25, -0.2) is 4.79 Å². The fourth-order valence-corrected chi connectivity index (χ4v) is 6.84. The molecule has 4 atom stereocenters. The van der Waals surface area contributed by atoms with Crippen molar-refractivity contribution in [1.82, 2.24) is 21.3 Å². The lowest BCUT2D eigenvalue weighted by atomic mass is 10.0. The Hall–Kier alpha value is -6.05. The Bertz CT molecular complexity index is 1790. The zero-order valence-corrected chi connectivity index (χ0v) is 34.5. The molecule has 0 spiro atoms. The first kappa shape index (κ1) is 48.3. The zero-order chi connectivity index (χ0) is 43.5. The van der Waals surface area contributed by atoms with E-state index in [1.165, 1.54) is 0 Å². The third-order valence-electron chi connectivity index (χ3n) is 10.2. The third-order valence-corrected chi connectivity index (χ3v) is 10.2. The maximum absolute atomic E-state index is 13.4. The molecule has 0 fully saturated rings. The van der Waals surface area contributed by atoms with Gasteiger partial charge in [0.1, 0.15) is 24.2 Å². The van der Waals surface area contributed by atoms with Crippen molar-refractivity contribution in [2.75, 3.05) is 0 Å². The van der Waals surface area contributed by atoms with Crippen LogP contribution in [0.3, 0.4) is 0 Å². The van der Waals surface area contributed by atoms with Gasteiger partial charge in [0.25, 0.3) is 0 Å². The van der Waals surface area contributed by atoms with Gasteiger partial charge in [0.05, 0.1) is 6.42 Å². The second-order valence-corrected chi connectivity index (χ2v) is 15.2. The van der Waals surface area contributed by atoms with Gasteiger partial charge < -0.3 is 37.8 Å². The molecule has 0 aliphatic rings. The van der Waals surface area contributed by atoms with E-state index in [1.807, 2.05) is 36.4 Å². The maximum Gasteiger partial charge on any atom is 0.326 e. The molecule has 0 saturated carbocycles. The third kappa shape index (κ3) is 19.6. The number of hydrogen-bond acceptors (Lipinski definition) is 7. The highest BCUT2D eigenvalue weighted by molar-refractivity contribution is 5.94. The van der Waals surface area contributed by atoms with Gasteiger partial charge in [-0.15, -0.1) is 0 Å². The standard InChI is InChI=1S/C46H62N6O8/c47-39(53)32-37(44(57)51-38(46(59)60)31-34-24-16-12-17-25-34)49-40(54)28-20-9-7-5-3-1-2-4-6-8-10-21-29-41(55)52-42(35-26-18-13-19-27-35)45(58)50-36(43(48)56)30-33-22-14-11-15-23-33/h11-19,22-27,36-38,42H,1-10,20-21,28-32H2,(H2,47,53)(H2,48,56)(H,49,54)(H,50,58)(H,51,57)(H,52,55)(H,59,60)/t36-,37-,38-,42-/m0/s1. The van der Waals surface area contributed by atoms with Crippen LogP contribution in [0.1, 0.15) is 119 Å². The first-order chi connectivity index (χ1) is 28.9. The van der Waals surface area contributed by atoms with E-state index < -0.39 is 66.1 Å². The lowest BCUT2D eigenvalue weighted by Crippen LogP contribution is -2.53. The topological polar surface area (TPSA) is 240 Å². The second kappa shape index (κ2) is 27.6. The number of primary amides is 2. The minimum atomic E-state index is -1.26. The molecule has 3 aromatic rings. The van der Waals surface area contributed by atoms with E-state index in [0.29, 0.717) is 24.0 Å². The van der Waals surface area contributed by atoms with Crippen LogP contribution in [-0.2, 0) is 46.4 Å². The van der Waals surface area contributed by atoms with E-state index in [-0.39, 0.29) is 31.6 Å². The first-order valence-electron chi connectivity index (χ1n) is 21.1. The van der Waals surface area contributed by atoms with Crippen LogP contribution in [0, 0.1) is 0 Å². The van der Waals surface area contributed by atoms with Crippen LogP contribution in [0.25, 0.3) is 0 Å². The van der Waals surface area contributed by atoms with Crippen LogP contribution in [-0.4, -0.2) is 64.6 Å². The van der Waals surface area contributed by atoms with Crippen molar-refractivity contribution in [3.63, 3.8) is 0 Å². The number of hydrogen-bond donors (Lipinski definition) is 7. The van der Waals surface area contributed by atoms with E-state index >= 15 is 0 Å². The number of amides is 6. The molecule has 0 radical (unpaired) electrons. The molecule has 0 saturated heterocycles. The lowest BCUT2D eigenvalue weighted by molar-refractivity contribution is -0.142. The molecule has 6 amide bonds. The normalized spacial score (nSPS) is 12.9. The van der Waals surface area contributed by atoms with E-state index in [4.69, 9.17) is 11.5 Å². The highest BCUT2D eigenvalue weighted by Crippen LogP contribution is 2.17. The molecule has 0 bridgehead atoms. The number of unbranched alkanes of at least 4 members (excludes halogenated alkanes) is 11. The Balaban J connectivity index is 1.25. The predicted molar refractivity (Wildman–Crippen MR) is 229 cm³/mol.